The fourth-order valence-electron chi connectivity index (χ4n) is 3.83. The highest BCUT2D eigenvalue weighted by Gasteiger charge is 2.41. The highest BCUT2D eigenvalue weighted by molar-refractivity contribution is 5.32. The largest absolute Gasteiger partial charge is 0.343 e. The molecule has 0 heterocycles. The molecule has 0 aromatic heterocycles. The summed E-state index contributed by atoms with van der Waals surface area (Å²) in [6.45, 7) is 1.10. The number of rotatable bonds is 5. The molecule has 102 valence electrons. The molecule has 2 aliphatic rings. The van der Waals surface area contributed by atoms with Crippen molar-refractivity contribution < 1.29 is 10.2 Å². The number of quaternary nitrogens is 1. The number of hydrogen-bond donors (Lipinski definition) is 1. The molecular formula is C15H21N2O2+. The summed E-state index contributed by atoms with van der Waals surface area (Å²) in [7, 11) is 0. The van der Waals surface area contributed by atoms with E-state index in [2.05, 4.69) is 5.32 Å². The van der Waals surface area contributed by atoms with E-state index < -0.39 is 0 Å². The molecule has 0 aliphatic heterocycles. The Morgan fingerprint density at radius 1 is 1.21 bits per heavy atom. The van der Waals surface area contributed by atoms with Gasteiger partial charge in [-0.3, -0.25) is 10.1 Å². The SMILES string of the molecule is O=[N+]([O-])c1ccc(CC[NH2+][C@@H]2C[C@@H]3CC[C@@H]2C3)cc1. The standard InChI is InChI=1S/C15H20N2O2/c18-17(19)14-5-2-11(3-6-14)7-8-16-15-10-12-1-4-13(15)9-12/h2-3,5-6,12-13,15-16H,1,4,7-10H2/p+1/t12-,13-,15-/m1/s1. The summed E-state index contributed by atoms with van der Waals surface area (Å²) in [5.41, 5.74) is 1.38. The number of hydrogen-bond acceptors (Lipinski definition) is 2. The van der Waals surface area contributed by atoms with Gasteiger partial charge in [0.1, 0.15) is 0 Å². The molecule has 3 atom stereocenters. The number of nitro groups is 1. The van der Waals surface area contributed by atoms with Crippen LogP contribution in [0.5, 0.6) is 0 Å². The molecule has 0 unspecified atom stereocenters. The summed E-state index contributed by atoms with van der Waals surface area (Å²) < 4.78 is 0. The summed E-state index contributed by atoms with van der Waals surface area (Å²) in [5.74, 6) is 1.97. The van der Waals surface area contributed by atoms with E-state index in [1.165, 1.54) is 31.2 Å². The topological polar surface area (TPSA) is 59.8 Å². The van der Waals surface area contributed by atoms with Crippen LogP contribution in [0.4, 0.5) is 5.69 Å². The Kier molecular flexibility index (Phi) is 3.51. The maximum Gasteiger partial charge on any atom is 0.269 e. The lowest BCUT2D eigenvalue weighted by molar-refractivity contribution is -0.694. The van der Waals surface area contributed by atoms with E-state index in [1.54, 1.807) is 12.1 Å². The van der Waals surface area contributed by atoms with Crippen molar-refractivity contribution in [3.05, 3.63) is 39.9 Å². The van der Waals surface area contributed by atoms with Crippen LogP contribution in [0, 0.1) is 22.0 Å². The third-order valence-electron chi connectivity index (χ3n) is 4.84. The van der Waals surface area contributed by atoms with Crippen molar-refractivity contribution in [2.75, 3.05) is 6.54 Å². The molecule has 19 heavy (non-hydrogen) atoms. The Morgan fingerprint density at radius 3 is 2.58 bits per heavy atom. The highest BCUT2D eigenvalue weighted by atomic mass is 16.6. The average molecular weight is 261 g/mol. The van der Waals surface area contributed by atoms with Crippen molar-refractivity contribution in [3.8, 4) is 0 Å². The van der Waals surface area contributed by atoms with Crippen LogP contribution in [-0.4, -0.2) is 17.5 Å². The van der Waals surface area contributed by atoms with Gasteiger partial charge in [0.2, 0.25) is 0 Å². The fourth-order valence-corrected chi connectivity index (χ4v) is 3.83. The van der Waals surface area contributed by atoms with Crippen LogP contribution in [-0.2, 0) is 6.42 Å². The number of nitro benzene ring substituents is 1. The van der Waals surface area contributed by atoms with E-state index in [4.69, 9.17) is 0 Å². The van der Waals surface area contributed by atoms with Crippen LogP contribution in [0.2, 0.25) is 0 Å². The fraction of sp³-hybridized carbons (Fsp3) is 0.600. The van der Waals surface area contributed by atoms with Crippen LogP contribution in [0.3, 0.4) is 0 Å². The summed E-state index contributed by atoms with van der Waals surface area (Å²) in [5, 5.41) is 13.1. The normalized spacial score (nSPS) is 28.7. The van der Waals surface area contributed by atoms with Crippen molar-refractivity contribution in [3.63, 3.8) is 0 Å². The second-order valence-electron chi connectivity index (χ2n) is 6.04. The zero-order chi connectivity index (χ0) is 13.2. The van der Waals surface area contributed by atoms with Crippen molar-refractivity contribution in [1.29, 1.82) is 0 Å². The van der Waals surface area contributed by atoms with E-state index in [0.29, 0.717) is 0 Å². The quantitative estimate of drug-likeness (QED) is 0.650. The van der Waals surface area contributed by atoms with Crippen LogP contribution < -0.4 is 5.32 Å². The lowest BCUT2D eigenvalue weighted by atomic mass is 9.95. The molecule has 3 rings (SSSR count). The Labute approximate surface area is 113 Å². The molecule has 2 saturated carbocycles. The summed E-state index contributed by atoms with van der Waals surface area (Å²) in [6.07, 6.45) is 6.76. The molecular weight excluding hydrogens is 240 g/mol. The Morgan fingerprint density at radius 2 is 2.00 bits per heavy atom. The number of nitrogens with two attached hydrogens (primary N) is 1. The monoisotopic (exact) mass is 261 g/mol. The molecule has 4 heteroatoms. The smallest absolute Gasteiger partial charge is 0.269 e. The van der Waals surface area contributed by atoms with Crippen molar-refractivity contribution in [2.24, 2.45) is 11.8 Å². The van der Waals surface area contributed by atoms with Gasteiger partial charge in [0.05, 0.1) is 17.5 Å². The average Bonchev–Trinajstić information content (AvgIpc) is 3.02. The second kappa shape index (κ2) is 5.29. The molecule has 1 aromatic carbocycles. The van der Waals surface area contributed by atoms with Crippen LogP contribution in [0.25, 0.3) is 0 Å². The first kappa shape index (κ1) is 12.6. The Balaban J connectivity index is 1.46. The molecule has 0 amide bonds. The maximum absolute atomic E-state index is 10.6. The second-order valence-corrected chi connectivity index (χ2v) is 6.04. The molecule has 2 N–H and O–H groups in total. The van der Waals surface area contributed by atoms with E-state index in [0.717, 1.165) is 30.8 Å². The molecule has 0 radical (unpaired) electrons. The highest BCUT2D eigenvalue weighted by Crippen LogP contribution is 2.42. The summed E-state index contributed by atoms with van der Waals surface area (Å²) in [6, 6.07) is 7.82. The first-order valence-corrected chi connectivity index (χ1v) is 7.29. The van der Waals surface area contributed by atoms with E-state index in [9.17, 15) is 10.1 Å². The van der Waals surface area contributed by atoms with Gasteiger partial charge in [0.15, 0.2) is 0 Å². The first-order valence-electron chi connectivity index (χ1n) is 7.29. The number of non-ortho nitro benzene ring substituents is 1. The molecule has 2 aliphatic carbocycles. The lowest BCUT2D eigenvalue weighted by Crippen LogP contribution is -2.91. The van der Waals surface area contributed by atoms with Crippen LogP contribution >= 0.6 is 0 Å². The molecule has 4 nitrogen and oxygen atoms in total. The van der Waals surface area contributed by atoms with Gasteiger partial charge in [-0.15, -0.1) is 0 Å². The van der Waals surface area contributed by atoms with E-state index in [1.807, 2.05) is 12.1 Å². The van der Waals surface area contributed by atoms with Gasteiger partial charge >= 0.3 is 0 Å². The summed E-state index contributed by atoms with van der Waals surface area (Å²) >= 11 is 0. The Bertz CT molecular complexity index is 458. The molecule has 0 saturated heterocycles. The minimum Gasteiger partial charge on any atom is -0.343 e. The third-order valence-corrected chi connectivity index (χ3v) is 4.84. The Hall–Kier alpha value is -1.42. The van der Waals surface area contributed by atoms with Gasteiger partial charge in [0, 0.05) is 30.9 Å². The predicted octanol–water partition coefficient (Wildman–Crippen LogP) is 1.89. The number of nitrogens with zero attached hydrogens (tertiary/aromatic N) is 1. The minimum atomic E-state index is -0.342. The van der Waals surface area contributed by atoms with Crippen molar-refractivity contribution in [2.45, 2.75) is 38.1 Å². The number of fused-ring (bicyclic) bond motifs is 2. The molecule has 2 fully saturated rings. The van der Waals surface area contributed by atoms with Crippen molar-refractivity contribution in [1.82, 2.24) is 0 Å². The van der Waals surface area contributed by atoms with Gasteiger partial charge < -0.3 is 5.32 Å². The lowest BCUT2D eigenvalue weighted by Gasteiger charge is -2.19. The van der Waals surface area contributed by atoms with Gasteiger partial charge in [0.25, 0.3) is 5.69 Å². The number of benzene rings is 1. The first-order chi connectivity index (χ1) is 9.22. The molecule has 0 spiro atoms. The molecule has 2 bridgehead atoms. The zero-order valence-corrected chi connectivity index (χ0v) is 11.1. The van der Waals surface area contributed by atoms with Crippen LogP contribution in [0.15, 0.2) is 24.3 Å². The van der Waals surface area contributed by atoms with Crippen LogP contribution in [0.1, 0.15) is 31.2 Å². The van der Waals surface area contributed by atoms with Gasteiger partial charge in [-0.25, -0.2) is 0 Å². The van der Waals surface area contributed by atoms with Gasteiger partial charge in [-0.2, -0.15) is 0 Å². The maximum atomic E-state index is 10.6. The third kappa shape index (κ3) is 2.78. The van der Waals surface area contributed by atoms with E-state index in [-0.39, 0.29) is 10.6 Å². The zero-order valence-electron chi connectivity index (χ0n) is 11.1. The minimum absolute atomic E-state index is 0.181. The summed E-state index contributed by atoms with van der Waals surface area (Å²) in [4.78, 5) is 10.2. The predicted molar refractivity (Wildman–Crippen MR) is 72.8 cm³/mol. The molecule has 1 aromatic rings. The van der Waals surface area contributed by atoms with Crippen molar-refractivity contribution >= 4 is 5.69 Å². The van der Waals surface area contributed by atoms with Gasteiger partial charge in [-0.1, -0.05) is 12.1 Å². The van der Waals surface area contributed by atoms with E-state index >= 15 is 0 Å². The van der Waals surface area contributed by atoms with Gasteiger partial charge in [-0.05, 0) is 30.7 Å².